The van der Waals surface area contributed by atoms with Crippen LogP contribution in [-0.2, 0) is 0 Å². The zero-order valence-corrected chi connectivity index (χ0v) is 29.0. The van der Waals surface area contributed by atoms with E-state index in [4.69, 9.17) is 16.6 Å². The van der Waals surface area contributed by atoms with Crippen LogP contribution in [0.4, 0.5) is 11.4 Å². The second kappa shape index (κ2) is 16.0. The number of rotatable bonds is 13. The van der Waals surface area contributed by atoms with Crippen molar-refractivity contribution in [3.8, 4) is 0 Å². The van der Waals surface area contributed by atoms with Gasteiger partial charge in [-0.25, -0.2) is 0 Å². The highest BCUT2D eigenvalue weighted by Crippen LogP contribution is 2.31. The standard InChI is InChI=1S/C41H53N7/c1-6-29(3)48(7-2)31(5)37-14-11-15-40(30(37)4)45-34-20-24-46(25-21-34)36-22-26-47(27-23-36)35-18-16-32(17-19-35)38(41(43)44)28-39(42)33-12-9-8-10-13-33/h7-19,28-29,34,36,42,45H,2,5-6,20-27H2,1,3-4H3,(H3,43,44)/b38-28-,42-39?. The summed E-state index contributed by atoms with van der Waals surface area (Å²) < 4.78 is 0. The lowest BCUT2D eigenvalue weighted by Crippen LogP contribution is -2.49. The molecule has 1 unspecified atom stereocenters. The van der Waals surface area contributed by atoms with Crippen molar-refractivity contribution in [2.45, 2.75) is 71.0 Å². The van der Waals surface area contributed by atoms with Gasteiger partial charge in [0.2, 0.25) is 0 Å². The Morgan fingerprint density at radius 2 is 1.60 bits per heavy atom. The summed E-state index contributed by atoms with van der Waals surface area (Å²) in [4.78, 5) is 7.37. The van der Waals surface area contributed by atoms with E-state index in [9.17, 15) is 0 Å². The van der Waals surface area contributed by atoms with Crippen molar-refractivity contribution in [3.63, 3.8) is 0 Å². The van der Waals surface area contributed by atoms with Crippen molar-refractivity contribution in [1.29, 1.82) is 10.8 Å². The SMILES string of the molecule is C=CN(C(=C)c1cccc(NC2CCN(C3CCN(c4ccc(/C(=C/C(=N)c5ccccc5)C(=N)N)cc4)CC3)CC2)c1C)C(C)CC. The predicted octanol–water partition coefficient (Wildman–Crippen LogP) is 8.14. The van der Waals surface area contributed by atoms with Crippen LogP contribution in [0.5, 0.6) is 0 Å². The van der Waals surface area contributed by atoms with Crippen LogP contribution in [0.15, 0.2) is 98.2 Å². The molecule has 0 spiro atoms. The molecule has 5 N–H and O–H groups in total. The molecule has 252 valence electrons. The first kappa shape index (κ1) is 34.7. The van der Waals surface area contributed by atoms with Gasteiger partial charge in [-0.15, -0.1) is 0 Å². The van der Waals surface area contributed by atoms with Crippen molar-refractivity contribution in [2.75, 3.05) is 36.4 Å². The van der Waals surface area contributed by atoms with Crippen LogP contribution in [0, 0.1) is 17.7 Å². The van der Waals surface area contributed by atoms with Gasteiger partial charge in [-0.3, -0.25) is 5.41 Å². The Labute approximate surface area is 287 Å². The Balaban J connectivity index is 1.12. The van der Waals surface area contributed by atoms with Gasteiger partial charge in [0.15, 0.2) is 0 Å². The molecule has 2 aliphatic rings. The molecule has 0 radical (unpaired) electrons. The number of allylic oxidation sites excluding steroid dienone is 1. The van der Waals surface area contributed by atoms with E-state index in [1.807, 2.05) is 48.7 Å². The minimum atomic E-state index is -0.0327. The quantitative estimate of drug-likeness (QED) is 0.111. The van der Waals surface area contributed by atoms with Gasteiger partial charge in [-0.2, -0.15) is 0 Å². The van der Waals surface area contributed by atoms with Crippen molar-refractivity contribution < 1.29 is 0 Å². The fraction of sp³-hybridized carbons (Fsp3) is 0.366. The molecule has 7 nitrogen and oxygen atoms in total. The minimum absolute atomic E-state index is 0.0327. The van der Waals surface area contributed by atoms with Crippen LogP contribution in [0.3, 0.4) is 0 Å². The molecule has 1 atom stereocenters. The monoisotopic (exact) mass is 643 g/mol. The predicted molar refractivity (Wildman–Crippen MR) is 205 cm³/mol. The molecule has 2 heterocycles. The van der Waals surface area contributed by atoms with E-state index in [1.165, 1.54) is 22.5 Å². The third kappa shape index (κ3) is 8.08. The topological polar surface area (TPSA) is 95.5 Å². The summed E-state index contributed by atoms with van der Waals surface area (Å²) in [5.74, 6) is -0.0327. The molecule has 0 bridgehead atoms. The second-order valence-electron chi connectivity index (χ2n) is 13.2. The lowest BCUT2D eigenvalue weighted by molar-refractivity contribution is 0.136. The fourth-order valence-electron chi connectivity index (χ4n) is 7.13. The number of nitrogens with zero attached hydrogens (tertiary/aromatic N) is 3. The van der Waals surface area contributed by atoms with E-state index in [0.29, 0.717) is 29.4 Å². The van der Waals surface area contributed by atoms with Gasteiger partial charge in [-0.05, 0) is 93.1 Å². The third-order valence-electron chi connectivity index (χ3n) is 10.3. The Bertz CT molecular complexity index is 1610. The first-order chi connectivity index (χ1) is 23.2. The number of hydrogen-bond acceptors (Lipinski definition) is 6. The zero-order chi connectivity index (χ0) is 34.2. The van der Waals surface area contributed by atoms with E-state index in [-0.39, 0.29) is 5.84 Å². The second-order valence-corrected chi connectivity index (χ2v) is 13.2. The number of hydrogen-bond donors (Lipinski definition) is 4. The number of anilines is 2. The summed E-state index contributed by atoms with van der Waals surface area (Å²) in [6.45, 7) is 19.4. The number of nitrogens with one attached hydrogen (secondary N) is 3. The van der Waals surface area contributed by atoms with Crippen LogP contribution in [0.25, 0.3) is 11.3 Å². The maximum absolute atomic E-state index is 8.49. The van der Waals surface area contributed by atoms with Crippen LogP contribution in [0.1, 0.15) is 68.2 Å². The van der Waals surface area contributed by atoms with Crippen molar-refractivity contribution in [2.24, 2.45) is 5.73 Å². The number of likely N-dealkylation sites (tertiary alicyclic amines) is 1. The summed E-state index contributed by atoms with van der Waals surface area (Å²) in [5.41, 5.74) is 14.4. The zero-order valence-electron chi connectivity index (χ0n) is 29.0. The Kier molecular flexibility index (Phi) is 11.6. The van der Waals surface area contributed by atoms with Gasteiger partial charge in [0.05, 0.1) is 5.71 Å². The summed E-state index contributed by atoms with van der Waals surface area (Å²) in [5, 5.41) is 20.5. The van der Waals surface area contributed by atoms with E-state index in [2.05, 4.69) is 84.3 Å². The molecule has 2 saturated heterocycles. The molecular weight excluding hydrogens is 591 g/mol. The molecule has 0 aromatic heterocycles. The molecule has 2 aliphatic heterocycles. The molecule has 5 rings (SSSR count). The van der Waals surface area contributed by atoms with Crippen LogP contribution in [-0.4, -0.2) is 65.7 Å². The Morgan fingerprint density at radius 3 is 2.21 bits per heavy atom. The van der Waals surface area contributed by atoms with E-state index >= 15 is 0 Å². The molecule has 0 saturated carbocycles. The maximum Gasteiger partial charge on any atom is 0.123 e. The number of piperidine rings is 2. The third-order valence-corrected chi connectivity index (χ3v) is 10.3. The van der Waals surface area contributed by atoms with Crippen LogP contribution >= 0.6 is 0 Å². The Morgan fingerprint density at radius 1 is 0.938 bits per heavy atom. The van der Waals surface area contributed by atoms with E-state index in [1.54, 1.807) is 6.08 Å². The van der Waals surface area contributed by atoms with Crippen LogP contribution in [0.2, 0.25) is 0 Å². The average Bonchev–Trinajstić information content (AvgIpc) is 3.12. The molecule has 2 fully saturated rings. The average molecular weight is 644 g/mol. The van der Waals surface area contributed by atoms with Gasteiger partial charge in [0, 0.05) is 72.5 Å². The highest BCUT2D eigenvalue weighted by molar-refractivity contribution is 6.26. The van der Waals surface area contributed by atoms with Crippen LogP contribution < -0.4 is 16.0 Å². The van der Waals surface area contributed by atoms with Gasteiger partial charge in [0.1, 0.15) is 5.84 Å². The summed E-state index contributed by atoms with van der Waals surface area (Å²) >= 11 is 0. The first-order valence-electron chi connectivity index (χ1n) is 17.5. The molecule has 0 aliphatic carbocycles. The molecule has 7 heteroatoms. The van der Waals surface area contributed by atoms with Gasteiger partial charge in [-0.1, -0.05) is 74.7 Å². The summed E-state index contributed by atoms with van der Waals surface area (Å²) in [6.07, 6.45) is 9.24. The summed E-state index contributed by atoms with van der Waals surface area (Å²) in [7, 11) is 0. The lowest BCUT2D eigenvalue weighted by atomic mass is 9.96. The van der Waals surface area contributed by atoms with Crippen molar-refractivity contribution in [3.05, 3.63) is 120 Å². The molecule has 3 aromatic rings. The van der Waals surface area contributed by atoms with E-state index < -0.39 is 0 Å². The van der Waals surface area contributed by atoms with Gasteiger partial charge >= 0.3 is 0 Å². The minimum Gasteiger partial charge on any atom is -0.384 e. The number of amidine groups is 1. The van der Waals surface area contributed by atoms with Gasteiger partial charge in [0.25, 0.3) is 0 Å². The van der Waals surface area contributed by atoms with Crippen molar-refractivity contribution >= 4 is 34.2 Å². The molecular formula is C41H53N7. The molecule has 0 amide bonds. The highest BCUT2D eigenvalue weighted by atomic mass is 15.2. The van der Waals surface area contributed by atoms with Crippen molar-refractivity contribution in [1.82, 2.24) is 9.80 Å². The van der Waals surface area contributed by atoms with Gasteiger partial charge < -0.3 is 31.2 Å². The molecule has 3 aromatic carbocycles. The Hall–Kier alpha value is -4.62. The fourth-order valence-corrected chi connectivity index (χ4v) is 7.13. The normalized spacial score (nSPS) is 17.1. The number of nitrogens with two attached hydrogens (primary N) is 1. The largest absolute Gasteiger partial charge is 0.384 e. The lowest BCUT2D eigenvalue weighted by Gasteiger charge is -2.42. The molecule has 48 heavy (non-hydrogen) atoms. The smallest absolute Gasteiger partial charge is 0.123 e. The highest BCUT2D eigenvalue weighted by Gasteiger charge is 2.29. The number of benzene rings is 3. The first-order valence-corrected chi connectivity index (χ1v) is 17.5. The van der Waals surface area contributed by atoms with E-state index in [0.717, 1.165) is 75.1 Å². The maximum atomic E-state index is 8.49. The summed E-state index contributed by atoms with van der Waals surface area (Å²) in [6, 6.07) is 25.8.